The van der Waals surface area contributed by atoms with Crippen LogP contribution >= 0.6 is 34.7 Å². The summed E-state index contributed by atoms with van der Waals surface area (Å²) >= 11 is 10.2. The first kappa shape index (κ1) is 25.3. The van der Waals surface area contributed by atoms with Crippen LogP contribution in [-0.2, 0) is 11.2 Å². The normalized spacial score (nSPS) is 18.9. The summed E-state index contributed by atoms with van der Waals surface area (Å²) < 4.78 is 6.74. The molecule has 1 aliphatic rings. The van der Waals surface area contributed by atoms with Crippen molar-refractivity contribution in [2.45, 2.75) is 36.3 Å². The second-order valence-corrected chi connectivity index (χ2v) is 11.6. The van der Waals surface area contributed by atoms with Gasteiger partial charge in [0.05, 0.1) is 21.9 Å². The van der Waals surface area contributed by atoms with E-state index < -0.39 is 5.97 Å². The number of hydrogen-bond donors (Lipinski definition) is 1. The summed E-state index contributed by atoms with van der Waals surface area (Å²) in [5.74, 6) is 1.77. The number of likely N-dealkylation sites (tertiary alicyclic amines) is 1. The maximum absolute atomic E-state index is 11.6. The molecule has 1 N–H and O–H groups in total. The molecule has 0 amide bonds. The van der Waals surface area contributed by atoms with E-state index in [1.165, 1.54) is 4.21 Å². The average Bonchev–Trinajstić information content (AvgIpc) is 3.34. The fourth-order valence-electron chi connectivity index (χ4n) is 4.94. The smallest absolute Gasteiger partial charge is 0.303 e. The number of pyridine rings is 1. The Kier molecular flexibility index (Phi) is 9.11. The van der Waals surface area contributed by atoms with Crippen LogP contribution in [0.25, 0.3) is 10.9 Å². The predicted molar refractivity (Wildman–Crippen MR) is 142 cm³/mol. The molecule has 0 radical (unpaired) electrons. The van der Waals surface area contributed by atoms with Crippen molar-refractivity contribution in [3.63, 3.8) is 0 Å². The monoisotopic (exact) mass is 518 g/mol. The Hall–Kier alpha value is -1.80. The summed E-state index contributed by atoms with van der Waals surface area (Å²) in [5, 5.41) is 13.3. The number of carboxylic acids is 1. The maximum atomic E-state index is 11.6. The lowest BCUT2D eigenvalue weighted by Crippen LogP contribution is -2.42. The van der Waals surface area contributed by atoms with E-state index in [1.807, 2.05) is 30.0 Å². The summed E-state index contributed by atoms with van der Waals surface area (Å²) in [6.07, 6.45) is 5.87. The highest BCUT2D eigenvalue weighted by Crippen LogP contribution is 2.33. The number of aliphatic carboxylic acids is 1. The van der Waals surface area contributed by atoms with Crippen molar-refractivity contribution in [2.24, 2.45) is 11.8 Å². The number of halogens is 1. The van der Waals surface area contributed by atoms with Gasteiger partial charge in [0, 0.05) is 36.8 Å². The van der Waals surface area contributed by atoms with Crippen LogP contribution in [0.2, 0.25) is 5.02 Å². The van der Waals surface area contributed by atoms with Gasteiger partial charge in [-0.15, -0.1) is 23.1 Å². The molecule has 0 aliphatic carbocycles. The van der Waals surface area contributed by atoms with Gasteiger partial charge in [0.1, 0.15) is 5.75 Å². The Bertz CT molecular complexity index is 1090. The quantitative estimate of drug-likeness (QED) is 0.293. The number of thiophene rings is 1. The summed E-state index contributed by atoms with van der Waals surface area (Å²) in [6.45, 7) is 2.92. The van der Waals surface area contributed by atoms with E-state index in [2.05, 4.69) is 27.4 Å². The Morgan fingerprint density at radius 3 is 3.00 bits per heavy atom. The predicted octanol–water partition coefficient (Wildman–Crippen LogP) is 6.49. The van der Waals surface area contributed by atoms with Gasteiger partial charge in [-0.25, -0.2) is 0 Å². The molecular formula is C26H31ClN2O3S2. The molecule has 2 unspecified atom stereocenters. The topological polar surface area (TPSA) is 62.7 Å². The zero-order valence-corrected chi connectivity index (χ0v) is 21.8. The van der Waals surface area contributed by atoms with E-state index in [1.54, 1.807) is 24.6 Å². The zero-order chi connectivity index (χ0) is 23.9. The van der Waals surface area contributed by atoms with Crippen LogP contribution in [0.3, 0.4) is 0 Å². The number of hydrogen-bond acceptors (Lipinski definition) is 6. The number of ether oxygens (including phenoxy) is 1. The molecule has 8 heteroatoms. The fraction of sp³-hybridized carbons (Fsp3) is 0.462. The molecule has 2 aromatic heterocycles. The minimum absolute atomic E-state index is 0.197. The molecule has 5 nitrogen and oxygen atoms in total. The average molecular weight is 519 g/mol. The van der Waals surface area contributed by atoms with E-state index >= 15 is 0 Å². The first-order valence-corrected chi connectivity index (χ1v) is 14.0. The molecule has 0 saturated carbocycles. The van der Waals surface area contributed by atoms with Gasteiger partial charge >= 0.3 is 5.97 Å². The fourth-order valence-corrected chi connectivity index (χ4v) is 7.05. The van der Waals surface area contributed by atoms with Gasteiger partial charge in [-0.3, -0.25) is 9.78 Å². The number of aryl methyl sites for hydroxylation is 1. The highest BCUT2D eigenvalue weighted by atomic mass is 35.5. The summed E-state index contributed by atoms with van der Waals surface area (Å²) in [7, 11) is 1.66. The van der Waals surface area contributed by atoms with Gasteiger partial charge in [-0.2, -0.15) is 0 Å². The first-order valence-electron chi connectivity index (χ1n) is 11.7. The molecule has 0 bridgehead atoms. The van der Waals surface area contributed by atoms with Crippen LogP contribution in [-0.4, -0.2) is 53.5 Å². The van der Waals surface area contributed by atoms with Crippen LogP contribution < -0.4 is 4.74 Å². The maximum Gasteiger partial charge on any atom is 0.303 e. The Labute approximate surface area is 214 Å². The van der Waals surface area contributed by atoms with Gasteiger partial charge in [-0.1, -0.05) is 17.7 Å². The standard InChI is InChI=1S/C26H31ClN2O3S2/c1-32-20-7-8-24-22(15-20)21(23(27)16-28-24)5-2-4-18-9-10-29(17-19(18)14-25(30)31)11-13-34-26-6-3-12-33-26/h3,6-8,12,15-16,18-19H,2,4-5,9-11,13-14,17H2,1H3,(H,30,31). The number of carboxylic acid groups (broad SMARTS) is 1. The van der Waals surface area contributed by atoms with Crippen LogP contribution in [0.15, 0.2) is 46.1 Å². The molecule has 3 heterocycles. The first-order chi connectivity index (χ1) is 16.5. The van der Waals surface area contributed by atoms with E-state index in [0.717, 1.165) is 73.3 Å². The highest BCUT2D eigenvalue weighted by molar-refractivity contribution is 8.01. The van der Waals surface area contributed by atoms with Crippen molar-refractivity contribution in [2.75, 3.05) is 32.5 Å². The number of carbonyl (C=O) groups is 1. The van der Waals surface area contributed by atoms with Gasteiger partial charge < -0.3 is 14.7 Å². The van der Waals surface area contributed by atoms with E-state index in [4.69, 9.17) is 16.3 Å². The van der Waals surface area contributed by atoms with Crippen LogP contribution in [0.4, 0.5) is 0 Å². The lowest BCUT2D eigenvalue weighted by molar-refractivity contribution is -0.139. The van der Waals surface area contributed by atoms with Crippen molar-refractivity contribution in [3.8, 4) is 5.75 Å². The number of fused-ring (bicyclic) bond motifs is 1. The van der Waals surface area contributed by atoms with Crippen molar-refractivity contribution < 1.29 is 14.6 Å². The van der Waals surface area contributed by atoms with Crippen molar-refractivity contribution in [1.29, 1.82) is 0 Å². The van der Waals surface area contributed by atoms with Crippen LogP contribution in [0.1, 0.15) is 31.2 Å². The second kappa shape index (κ2) is 12.2. The third-order valence-corrected chi connectivity index (χ3v) is 9.13. The molecule has 4 rings (SSSR count). The molecule has 182 valence electrons. The lowest BCUT2D eigenvalue weighted by Gasteiger charge is -2.38. The Balaban J connectivity index is 1.34. The molecule has 1 aliphatic heterocycles. The zero-order valence-electron chi connectivity index (χ0n) is 19.4. The number of benzene rings is 1. The van der Waals surface area contributed by atoms with Crippen molar-refractivity contribution >= 4 is 51.6 Å². The highest BCUT2D eigenvalue weighted by Gasteiger charge is 2.30. The molecular weight excluding hydrogens is 488 g/mol. The summed E-state index contributed by atoms with van der Waals surface area (Å²) in [5.41, 5.74) is 2.01. The molecule has 1 aromatic carbocycles. The van der Waals surface area contributed by atoms with Gasteiger partial charge in [0.2, 0.25) is 0 Å². The molecule has 1 saturated heterocycles. The van der Waals surface area contributed by atoms with Crippen molar-refractivity contribution in [3.05, 3.63) is 52.5 Å². The van der Waals surface area contributed by atoms with Gasteiger partial charge in [-0.05, 0) is 79.3 Å². The van der Waals surface area contributed by atoms with Crippen LogP contribution in [0, 0.1) is 11.8 Å². The van der Waals surface area contributed by atoms with Crippen LogP contribution in [0.5, 0.6) is 5.75 Å². The number of piperidine rings is 1. The van der Waals surface area contributed by atoms with E-state index in [0.29, 0.717) is 10.9 Å². The Morgan fingerprint density at radius 1 is 1.35 bits per heavy atom. The van der Waals surface area contributed by atoms with E-state index in [-0.39, 0.29) is 12.3 Å². The third-order valence-electron chi connectivity index (χ3n) is 6.70. The van der Waals surface area contributed by atoms with Gasteiger partial charge in [0.15, 0.2) is 0 Å². The number of rotatable bonds is 11. The molecule has 3 aromatic rings. The third kappa shape index (κ3) is 6.66. The van der Waals surface area contributed by atoms with Gasteiger partial charge in [0.25, 0.3) is 0 Å². The molecule has 2 atom stereocenters. The summed E-state index contributed by atoms with van der Waals surface area (Å²) in [4.78, 5) is 18.5. The number of methoxy groups -OCH3 is 1. The Morgan fingerprint density at radius 2 is 2.24 bits per heavy atom. The SMILES string of the molecule is COc1ccc2ncc(Cl)c(CCCC3CCN(CCSc4cccs4)CC3CC(=O)O)c2c1. The minimum Gasteiger partial charge on any atom is -0.497 e. The van der Waals surface area contributed by atoms with E-state index in [9.17, 15) is 9.90 Å². The number of thioether (sulfide) groups is 1. The lowest BCUT2D eigenvalue weighted by atomic mass is 9.80. The van der Waals surface area contributed by atoms with Crippen molar-refractivity contribution in [1.82, 2.24) is 9.88 Å². The molecule has 0 spiro atoms. The second-order valence-electron chi connectivity index (χ2n) is 8.85. The molecule has 34 heavy (non-hydrogen) atoms. The number of aromatic nitrogens is 1. The molecule has 1 fully saturated rings. The minimum atomic E-state index is -0.694. The summed E-state index contributed by atoms with van der Waals surface area (Å²) in [6, 6.07) is 10.1. The largest absolute Gasteiger partial charge is 0.497 e. The number of nitrogens with zero attached hydrogens (tertiary/aromatic N) is 2.